The first kappa shape index (κ1) is 12.2. The number of nitrogens with zero attached hydrogens (tertiary/aromatic N) is 2. The van der Waals surface area contributed by atoms with Crippen molar-refractivity contribution in [2.24, 2.45) is 10.2 Å². The van der Waals surface area contributed by atoms with Crippen LogP contribution in [0, 0.1) is 11.7 Å². The largest absolute Gasteiger partial charge is 0.508 e. The van der Waals surface area contributed by atoms with E-state index in [1.165, 1.54) is 12.1 Å². The molecule has 0 bridgehead atoms. The standard InChI is InChI=1S/C11H10N4O2S/c1-6-9(10(17)13-11(18)12-6)15-14-7-2-4-8(16)5-3-7/h2-5,16H,1H3,(H2,12,13,17,18). The number of azo groups is 1. The zero-order valence-electron chi connectivity index (χ0n) is 9.47. The van der Waals surface area contributed by atoms with Crippen molar-refractivity contribution < 1.29 is 5.11 Å². The summed E-state index contributed by atoms with van der Waals surface area (Å²) in [5.74, 6) is 0.145. The molecule has 1 aromatic heterocycles. The molecule has 2 aromatic rings. The van der Waals surface area contributed by atoms with Gasteiger partial charge in [-0.05, 0) is 43.4 Å². The molecule has 0 fully saturated rings. The van der Waals surface area contributed by atoms with Gasteiger partial charge in [0, 0.05) is 5.69 Å². The molecule has 0 spiro atoms. The highest BCUT2D eigenvalue weighted by atomic mass is 32.1. The Bertz CT molecular complexity index is 700. The van der Waals surface area contributed by atoms with Crippen LogP contribution in [0.15, 0.2) is 39.3 Å². The lowest BCUT2D eigenvalue weighted by Crippen LogP contribution is -2.08. The predicted octanol–water partition coefficient (Wildman–Crippen LogP) is 2.86. The fourth-order valence-electron chi connectivity index (χ4n) is 1.34. The minimum absolute atomic E-state index is 0.145. The Balaban J connectivity index is 2.38. The lowest BCUT2D eigenvalue weighted by Gasteiger charge is -1.97. The van der Waals surface area contributed by atoms with E-state index in [2.05, 4.69) is 20.2 Å². The van der Waals surface area contributed by atoms with Gasteiger partial charge < -0.3 is 10.1 Å². The molecule has 18 heavy (non-hydrogen) atoms. The van der Waals surface area contributed by atoms with Gasteiger partial charge in [-0.15, -0.1) is 5.11 Å². The first-order valence-electron chi connectivity index (χ1n) is 5.10. The van der Waals surface area contributed by atoms with E-state index >= 15 is 0 Å². The molecule has 0 radical (unpaired) electrons. The Kier molecular flexibility index (Phi) is 3.33. The SMILES string of the molecule is Cc1[nH]c(=S)[nH]c(=O)c1N=Nc1ccc(O)cc1. The number of aryl methyl sites for hydroxylation is 1. The third-order valence-corrected chi connectivity index (χ3v) is 2.42. The van der Waals surface area contributed by atoms with E-state index in [4.69, 9.17) is 17.3 Å². The highest BCUT2D eigenvalue weighted by molar-refractivity contribution is 7.71. The van der Waals surface area contributed by atoms with Crippen molar-refractivity contribution in [3.63, 3.8) is 0 Å². The van der Waals surface area contributed by atoms with E-state index in [1.54, 1.807) is 19.1 Å². The van der Waals surface area contributed by atoms with Crippen LogP contribution in [0.25, 0.3) is 0 Å². The average Bonchev–Trinajstić information content (AvgIpc) is 2.30. The molecule has 0 aliphatic carbocycles. The normalized spacial score (nSPS) is 10.9. The van der Waals surface area contributed by atoms with E-state index in [9.17, 15) is 4.79 Å². The topological polar surface area (TPSA) is 93.6 Å². The monoisotopic (exact) mass is 262 g/mol. The number of phenols is 1. The molecule has 0 atom stereocenters. The van der Waals surface area contributed by atoms with Crippen molar-refractivity contribution in [1.82, 2.24) is 9.97 Å². The van der Waals surface area contributed by atoms with Crippen molar-refractivity contribution in [3.05, 3.63) is 45.1 Å². The van der Waals surface area contributed by atoms with E-state index in [0.717, 1.165) is 0 Å². The zero-order valence-corrected chi connectivity index (χ0v) is 10.3. The van der Waals surface area contributed by atoms with E-state index in [0.29, 0.717) is 11.4 Å². The van der Waals surface area contributed by atoms with Crippen LogP contribution in [-0.4, -0.2) is 15.1 Å². The molecule has 2 rings (SSSR count). The second kappa shape index (κ2) is 4.92. The Hall–Kier alpha value is -2.28. The van der Waals surface area contributed by atoms with Gasteiger partial charge in [-0.25, -0.2) is 0 Å². The second-order valence-electron chi connectivity index (χ2n) is 3.60. The highest BCUT2D eigenvalue weighted by Gasteiger charge is 2.02. The highest BCUT2D eigenvalue weighted by Crippen LogP contribution is 2.19. The van der Waals surface area contributed by atoms with Gasteiger partial charge in [-0.3, -0.25) is 9.78 Å². The molecule has 0 saturated carbocycles. The molecule has 7 heteroatoms. The molecule has 0 aliphatic heterocycles. The number of phenolic OH excluding ortho intramolecular Hbond substituents is 1. The van der Waals surface area contributed by atoms with Crippen LogP contribution in [0.5, 0.6) is 5.75 Å². The van der Waals surface area contributed by atoms with Gasteiger partial charge in [0.2, 0.25) is 0 Å². The van der Waals surface area contributed by atoms with Gasteiger partial charge in [0.25, 0.3) is 5.56 Å². The molecule has 0 saturated heterocycles. The number of hydrogen-bond donors (Lipinski definition) is 3. The maximum Gasteiger partial charge on any atom is 0.279 e. The zero-order chi connectivity index (χ0) is 13.1. The number of benzene rings is 1. The fraction of sp³-hybridized carbons (Fsp3) is 0.0909. The molecule has 0 amide bonds. The lowest BCUT2D eigenvalue weighted by molar-refractivity contribution is 0.475. The van der Waals surface area contributed by atoms with Crippen LogP contribution in [0.4, 0.5) is 11.4 Å². The third kappa shape index (κ3) is 2.69. The molecule has 1 heterocycles. The predicted molar refractivity (Wildman–Crippen MR) is 69.3 cm³/mol. The first-order valence-corrected chi connectivity index (χ1v) is 5.51. The van der Waals surface area contributed by atoms with Crippen LogP contribution in [0.2, 0.25) is 0 Å². The summed E-state index contributed by atoms with van der Waals surface area (Å²) < 4.78 is 0.251. The lowest BCUT2D eigenvalue weighted by atomic mass is 10.3. The van der Waals surface area contributed by atoms with Crippen LogP contribution in [0.3, 0.4) is 0 Å². The molecule has 92 valence electrons. The molecule has 0 unspecified atom stereocenters. The molecule has 1 aromatic carbocycles. The van der Waals surface area contributed by atoms with Crippen molar-refractivity contribution in [3.8, 4) is 5.75 Å². The molecular formula is C11H10N4O2S. The van der Waals surface area contributed by atoms with E-state index < -0.39 is 5.56 Å². The minimum atomic E-state index is -0.390. The van der Waals surface area contributed by atoms with Crippen molar-refractivity contribution in [2.45, 2.75) is 6.92 Å². The van der Waals surface area contributed by atoms with Gasteiger partial charge in [0.15, 0.2) is 10.5 Å². The van der Waals surface area contributed by atoms with Crippen LogP contribution >= 0.6 is 12.2 Å². The Morgan fingerprint density at radius 1 is 1.17 bits per heavy atom. The van der Waals surface area contributed by atoms with Gasteiger partial charge in [-0.1, -0.05) is 0 Å². The summed E-state index contributed by atoms with van der Waals surface area (Å²) in [6, 6.07) is 6.16. The number of hydrogen-bond acceptors (Lipinski definition) is 5. The van der Waals surface area contributed by atoms with Crippen LogP contribution < -0.4 is 5.56 Å². The number of nitrogens with one attached hydrogen (secondary N) is 2. The van der Waals surface area contributed by atoms with Crippen molar-refractivity contribution >= 4 is 23.6 Å². The minimum Gasteiger partial charge on any atom is -0.508 e. The maximum atomic E-state index is 11.6. The first-order chi connectivity index (χ1) is 8.56. The second-order valence-corrected chi connectivity index (χ2v) is 4.01. The molecule has 0 aliphatic rings. The van der Waals surface area contributed by atoms with Gasteiger partial charge in [0.1, 0.15) is 5.75 Å². The third-order valence-electron chi connectivity index (χ3n) is 2.21. The summed E-state index contributed by atoms with van der Waals surface area (Å²) in [4.78, 5) is 16.8. The number of aromatic nitrogens is 2. The Labute approximate surface area is 107 Å². The number of aromatic hydroxyl groups is 1. The Morgan fingerprint density at radius 2 is 1.83 bits per heavy atom. The van der Waals surface area contributed by atoms with Gasteiger partial charge >= 0.3 is 0 Å². The summed E-state index contributed by atoms with van der Waals surface area (Å²) in [5, 5.41) is 16.9. The fourth-order valence-corrected chi connectivity index (χ4v) is 1.59. The summed E-state index contributed by atoms with van der Waals surface area (Å²) >= 11 is 4.83. The molecule has 3 N–H and O–H groups in total. The van der Waals surface area contributed by atoms with Gasteiger partial charge in [0.05, 0.1) is 5.69 Å². The number of rotatable bonds is 2. The molecular weight excluding hydrogens is 252 g/mol. The summed E-state index contributed by atoms with van der Waals surface area (Å²) in [5.41, 5.74) is 0.871. The average molecular weight is 262 g/mol. The van der Waals surface area contributed by atoms with Crippen molar-refractivity contribution in [1.29, 1.82) is 0 Å². The van der Waals surface area contributed by atoms with Gasteiger partial charge in [-0.2, -0.15) is 5.11 Å². The summed E-state index contributed by atoms with van der Waals surface area (Å²) in [6.45, 7) is 1.69. The van der Waals surface area contributed by atoms with E-state index in [-0.39, 0.29) is 16.2 Å². The summed E-state index contributed by atoms with van der Waals surface area (Å²) in [7, 11) is 0. The smallest absolute Gasteiger partial charge is 0.279 e. The Morgan fingerprint density at radius 3 is 2.44 bits per heavy atom. The maximum absolute atomic E-state index is 11.6. The van der Waals surface area contributed by atoms with Crippen LogP contribution in [0.1, 0.15) is 5.69 Å². The number of aromatic amines is 2. The van der Waals surface area contributed by atoms with Crippen molar-refractivity contribution in [2.75, 3.05) is 0 Å². The quantitative estimate of drug-likeness (QED) is 0.573. The summed E-state index contributed by atoms with van der Waals surface area (Å²) in [6.07, 6.45) is 0. The molecule has 6 nitrogen and oxygen atoms in total. The van der Waals surface area contributed by atoms with E-state index in [1.807, 2.05) is 0 Å². The number of H-pyrrole nitrogens is 2. The van der Waals surface area contributed by atoms with Crippen LogP contribution in [-0.2, 0) is 0 Å².